The Morgan fingerprint density at radius 3 is 2.24 bits per heavy atom. The molecule has 1 heterocycles. The van der Waals surface area contributed by atoms with E-state index in [2.05, 4.69) is 25.6 Å². The topological polar surface area (TPSA) is 89.0 Å². The average molecular weight is 355 g/mol. The van der Waals surface area contributed by atoms with Crippen molar-refractivity contribution in [1.82, 2.24) is 15.0 Å². The highest BCUT2D eigenvalue weighted by Gasteiger charge is 2.36. The highest BCUT2D eigenvalue weighted by molar-refractivity contribution is 5.86. The molecule has 2 rings (SSSR count). The second kappa shape index (κ2) is 7.32. The zero-order chi connectivity index (χ0) is 18.6. The number of carbonyl (C=O) groups is 1. The van der Waals surface area contributed by atoms with Crippen molar-refractivity contribution < 1.29 is 22.7 Å². The van der Waals surface area contributed by atoms with E-state index < -0.39 is 23.9 Å². The van der Waals surface area contributed by atoms with Gasteiger partial charge in [-0.2, -0.15) is 28.1 Å². The van der Waals surface area contributed by atoms with Crippen LogP contribution in [0.15, 0.2) is 24.3 Å². The lowest BCUT2D eigenvalue weighted by Gasteiger charge is -2.16. The summed E-state index contributed by atoms with van der Waals surface area (Å²) in [5.74, 6) is -2.10. The van der Waals surface area contributed by atoms with Crippen LogP contribution in [0.2, 0.25) is 0 Å². The molecule has 10 heteroatoms. The minimum absolute atomic E-state index is 0.297. The van der Waals surface area contributed by atoms with E-state index >= 15 is 0 Å². The number of benzene rings is 1. The van der Waals surface area contributed by atoms with Gasteiger partial charge in [0.05, 0.1) is 13.2 Å². The number of nitrogens with zero attached hydrogens (tertiary/aromatic N) is 3. The third-order valence-electron chi connectivity index (χ3n) is 3.14. The average Bonchev–Trinajstić information content (AvgIpc) is 2.53. The molecular formula is C15H16F3N5O2. The molecule has 0 bridgehead atoms. The molecule has 2 aromatic rings. The molecule has 0 saturated heterocycles. The third kappa shape index (κ3) is 5.03. The van der Waals surface area contributed by atoms with E-state index in [4.69, 9.17) is 4.74 Å². The molecule has 0 aliphatic carbocycles. The monoisotopic (exact) mass is 355 g/mol. The number of rotatable bonds is 5. The summed E-state index contributed by atoms with van der Waals surface area (Å²) in [5, 5.41) is 4.90. The van der Waals surface area contributed by atoms with Crippen LogP contribution < -0.4 is 15.4 Å². The van der Waals surface area contributed by atoms with Crippen LogP contribution in [-0.4, -0.2) is 28.0 Å². The van der Waals surface area contributed by atoms with E-state index in [0.29, 0.717) is 5.75 Å². The molecule has 0 fully saturated rings. The molecule has 0 saturated carbocycles. The van der Waals surface area contributed by atoms with Gasteiger partial charge in [0.25, 0.3) is 0 Å². The van der Waals surface area contributed by atoms with Crippen LogP contribution in [0.3, 0.4) is 0 Å². The fourth-order valence-electron chi connectivity index (χ4n) is 1.95. The van der Waals surface area contributed by atoms with Crippen molar-refractivity contribution in [3.63, 3.8) is 0 Å². The van der Waals surface area contributed by atoms with Crippen molar-refractivity contribution in [3.05, 3.63) is 35.7 Å². The van der Waals surface area contributed by atoms with Crippen LogP contribution in [0.5, 0.6) is 5.75 Å². The number of amides is 1. The first-order valence-corrected chi connectivity index (χ1v) is 7.20. The van der Waals surface area contributed by atoms with Crippen molar-refractivity contribution in [2.75, 3.05) is 17.7 Å². The van der Waals surface area contributed by atoms with Gasteiger partial charge < -0.3 is 10.1 Å². The van der Waals surface area contributed by atoms with Gasteiger partial charge in [0, 0.05) is 6.92 Å². The molecule has 134 valence electrons. The minimum Gasteiger partial charge on any atom is -0.497 e. The summed E-state index contributed by atoms with van der Waals surface area (Å²) in [5.41, 5.74) is 0.788. The van der Waals surface area contributed by atoms with Crippen LogP contribution in [0.1, 0.15) is 31.3 Å². The Morgan fingerprint density at radius 1 is 1.12 bits per heavy atom. The molecule has 1 amide bonds. The zero-order valence-electron chi connectivity index (χ0n) is 13.7. The van der Waals surface area contributed by atoms with Crippen molar-refractivity contribution in [2.24, 2.45) is 0 Å². The summed E-state index contributed by atoms with van der Waals surface area (Å²) in [6, 6.07) is 6.59. The van der Waals surface area contributed by atoms with Gasteiger partial charge in [-0.3, -0.25) is 10.1 Å². The summed E-state index contributed by atoms with van der Waals surface area (Å²) in [7, 11) is 1.53. The number of hydrogen-bond acceptors (Lipinski definition) is 6. The van der Waals surface area contributed by atoms with Gasteiger partial charge in [-0.25, -0.2) is 0 Å². The Bertz CT molecular complexity index is 750. The number of hydrogen-bond donors (Lipinski definition) is 2. The Balaban J connectivity index is 2.28. The Labute approximate surface area is 141 Å². The maximum Gasteiger partial charge on any atom is 0.451 e. The summed E-state index contributed by atoms with van der Waals surface area (Å²) < 4.78 is 43.8. The fourth-order valence-corrected chi connectivity index (χ4v) is 1.95. The Morgan fingerprint density at radius 2 is 1.72 bits per heavy atom. The van der Waals surface area contributed by atoms with Gasteiger partial charge in [-0.15, -0.1) is 0 Å². The molecule has 0 spiro atoms. The van der Waals surface area contributed by atoms with E-state index in [9.17, 15) is 18.0 Å². The number of ether oxygens (including phenoxy) is 1. The summed E-state index contributed by atoms with van der Waals surface area (Å²) >= 11 is 0. The molecular weight excluding hydrogens is 339 g/mol. The van der Waals surface area contributed by atoms with Gasteiger partial charge in [0.15, 0.2) is 0 Å². The number of methoxy groups -OCH3 is 1. The number of anilines is 2. The summed E-state index contributed by atoms with van der Waals surface area (Å²) in [6.45, 7) is 2.88. The largest absolute Gasteiger partial charge is 0.497 e. The van der Waals surface area contributed by atoms with Crippen LogP contribution in [0.25, 0.3) is 0 Å². The normalized spacial score (nSPS) is 12.4. The van der Waals surface area contributed by atoms with Gasteiger partial charge in [-0.1, -0.05) is 12.1 Å². The first kappa shape index (κ1) is 18.4. The molecule has 2 N–H and O–H groups in total. The van der Waals surface area contributed by atoms with Crippen molar-refractivity contribution in [3.8, 4) is 5.75 Å². The molecule has 1 atom stereocenters. The molecule has 0 aliphatic rings. The second-order valence-electron chi connectivity index (χ2n) is 5.12. The lowest BCUT2D eigenvalue weighted by atomic mass is 10.1. The van der Waals surface area contributed by atoms with Gasteiger partial charge in [0.2, 0.25) is 23.6 Å². The van der Waals surface area contributed by atoms with E-state index in [1.807, 2.05) is 0 Å². The van der Waals surface area contributed by atoms with Crippen LogP contribution in [-0.2, 0) is 11.0 Å². The predicted molar refractivity (Wildman–Crippen MR) is 84.2 cm³/mol. The highest BCUT2D eigenvalue weighted by Crippen LogP contribution is 2.28. The molecule has 1 aromatic carbocycles. The van der Waals surface area contributed by atoms with E-state index in [-0.39, 0.29) is 12.0 Å². The SMILES string of the molecule is COc1ccc(C(C)Nc2nc(NC(C)=O)nc(C(F)(F)F)n2)cc1. The fraction of sp³-hybridized carbons (Fsp3) is 0.333. The number of carbonyl (C=O) groups excluding carboxylic acids is 1. The highest BCUT2D eigenvalue weighted by atomic mass is 19.4. The Kier molecular flexibility index (Phi) is 5.40. The number of alkyl halides is 3. The molecule has 0 aliphatic heterocycles. The van der Waals surface area contributed by atoms with E-state index in [0.717, 1.165) is 12.5 Å². The predicted octanol–water partition coefficient (Wildman–Crippen LogP) is 3.03. The smallest absolute Gasteiger partial charge is 0.451 e. The van der Waals surface area contributed by atoms with Crippen LogP contribution >= 0.6 is 0 Å². The first-order chi connectivity index (χ1) is 11.7. The lowest BCUT2D eigenvalue weighted by molar-refractivity contribution is -0.145. The molecule has 25 heavy (non-hydrogen) atoms. The quantitative estimate of drug-likeness (QED) is 0.857. The van der Waals surface area contributed by atoms with Crippen LogP contribution in [0.4, 0.5) is 25.1 Å². The summed E-state index contributed by atoms with van der Waals surface area (Å²) in [6.07, 6.45) is -4.77. The molecule has 1 unspecified atom stereocenters. The minimum atomic E-state index is -4.77. The third-order valence-corrected chi connectivity index (χ3v) is 3.14. The molecule has 7 nitrogen and oxygen atoms in total. The standard InChI is InChI=1S/C15H16F3N5O2/c1-8(10-4-6-11(25-3)7-5-10)19-13-21-12(15(16,17)18)22-14(23-13)20-9(2)24/h4-8H,1-3H3,(H2,19,20,21,22,23,24). The van der Waals surface area contributed by atoms with E-state index in [1.165, 1.54) is 7.11 Å². The Hall–Kier alpha value is -2.91. The first-order valence-electron chi connectivity index (χ1n) is 7.20. The van der Waals surface area contributed by atoms with Crippen LogP contribution in [0, 0.1) is 0 Å². The number of aromatic nitrogens is 3. The number of nitrogens with one attached hydrogen (secondary N) is 2. The van der Waals surface area contributed by atoms with Gasteiger partial charge >= 0.3 is 6.18 Å². The van der Waals surface area contributed by atoms with E-state index in [1.54, 1.807) is 31.2 Å². The molecule has 0 radical (unpaired) electrons. The maximum absolute atomic E-state index is 12.9. The second-order valence-corrected chi connectivity index (χ2v) is 5.12. The lowest BCUT2D eigenvalue weighted by Crippen LogP contribution is -2.19. The van der Waals surface area contributed by atoms with Crippen molar-refractivity contribution >= 4 is 17.8 Å². The number of halogens is 3. The van der Waals surface area contributed by atoms with Gasteiger partial charge in [0.1, 0.15) is 5.75 Å². The molecule has 1 aromatic heterocycles. The summed E-state index contributed by atoms with van der Waals surface area (Å²) in [4.78, 5) is 21.4. The van der Waals surface area contributed by atoms with Gasteiger partial charge in [-0.05, 0) is 24.6 Å². The van der Waals surface area contributed by atoms with Crippen molar-refractivity contribution in [2.45, 2.75) is 26.1 Å². The maximum atomic E-state index is 12.9. The zero-order valence-corrected chi connectivity index (χ0v) is 13.7. The van der Waals surface area contributed by atoms with Crippen molar-refractivity contribution in [1.29, 1.82) is 0 Å².